The Kier molecular flexibility index (Phi) is 11.5. The van der Waals surface area contributed by atoms with Gasteiger partial charge in [-0.05, 0) is 56.6 Å². The van der Waals surface area contributed by atoms with E-state index in [-0.39, 0.29) is 30.5 Å². The van der Waals surface area contributed by atoms with E-state index in [0.717, 1.165) is 50.0 Å². The lowest BCUT2D eigenvalue weighted by molar-refractivity contribution is -0.0229. The molecule has 6 heteroatoms. The van der Waals surface area contributed by atoms with Crippen molar-refractivity contribution in [2.45, 2.75) is 95.9 Å². The van der Waals surface area contributed by atoms with E-state index in [4.69, 9.17) is 19.3 Å². The Morgan fingerprint density at radius 3 is 2.25 bits per heavy atom. The summed E-state index contributed by atoms with van der Waals surface area (Å²) in [5.41, 5.74) is 2.24. The Hall–Kier alpha value is -1.60. The van der Waals surface area contributed by atoms with Crippen molar-refractivity contribution in [1.29, 1.82) is 0 Å². The number of ether oxygens (including phenoxy) is 3. The molecule has 2 bridgehead atoms. The molecule has 180 valence electrons. The molecule has 3 heterocycles. The summed E-state index contributed by atoms with van der Waals surface area (Å²) in [6, 6.07) is 7.94. The van der Waals surface area contributed by atoms with Gasteiger partial charge in [-0.15, -0.1) is 0 Å². The summed E-state index contributed by atoms with van der Waals surface area (Å²) >= 11 is 0. The second-order valence-corrected chi connectivity index (χ2v) is 9.14. The van der Waals surface area contributed by atoms with Crippen LogP contribution in [0.1, 0.15) is 76.5 Å². The van der Waals surface area contributed by atoms with E-state index in [1.54, 1.807) is 0 Å². The van der Waals surface area contributed by atoms with E-state index in [2.05, 4.69) is 37.7 Å². The van der Waals surface area contributed by atoms with E-state index in [1.807, 2.05) is 25.1 Å². The van der Waals surface area contributed by atoms with Gasteiger partial charge < -0.3 is 19.3 Å². The average Bonchev–Trinajstić information content (AvgIpc) is 3.10. The molecule has 3 fully saturated rings. The highest BCUT2D eigenvalue weighted by molar-refractivity contribution is 5.47. The molecule has 0 saturated carbocycles. The zero-order chi connectivity index (χ0) is 23.5. The second-order valence-electron chi connectivity index (χ2n) is 9.14. The number of hydrogen-bond donors (Lipinski definition) is 1. The molecular formula is C26H41NO5. The van der Waals surface area contributed by atoms with E-state index >= 15 is 0 Å². The van der Waals surface area contributed by atoms with Gasteiger partial charge in [0.25, 0.3) is 0 Å². The SMILES string of the molecule is C=Cc1ccc(C2CCC3C[C@@H](O2)C(N=O)C[C@@H](C)O3)cc1.CC1CCOC(C)C1.CO. The van der Waals surface area contributed by atoms with Crippen LogP contribution in [0.5, 0.6) is 0 Å². The van der Waals surface area contributed by atoms with Crippen molar-refractivity contribution < 1.29 is 19.3 Å². The lowest BCUT2D eigenvalue weighted by Crippen LogP contribution is -2.29. The molecule has 3 aliphatic heterocycles. The number of rotatable bonds is 3. The van der Waals surface area contributed by atoms with Gasteiger partial charge in [0.15, 0.2) is 0 Å². The number of hydrogen-bond acceptors (Lipinski definition) is 6. The van der Waals surface area contributed by atoms with Crippen molar-refractivity contribution in [3.63, 3.8) is 0 Å². The summed E-state index contributed by atoms with van der Waals surface area (Å²) in [7, 11) is 1.00. The van der Waals surface area contributed by atoms with Crippen molar-refractivity contribution in [2.75, 3.05) is 13.7 Å². The molecule has 0 spiro atoms. The third kappa shape index (κ3) is 8.07. The van der Waals surface area contributed by atoms with Gasteiger partial charge in [0.05, 0.1) is 30.5 Å². The maximum absolute atomic E-state index is 11.2. The van der Waals surface area contributed by atoms with Gasteiger partial charge in [-0.3, -0.25) is 0 Å². The van der Waals surface area contributed by atoms with Crippen LogP contribution in [-0.4, -0.2) is 49.3 Å². The number of aliphatic hydroxyl groups excluding tert-OH is 1. The topological polar surface area (TPSA) is 77.4 Å². The summed E-state index contributed by atoms with van der Waals surface area (Å²) in [5.74, 6) is 0.888. The highest BCUT2D eigenvalue weighted by atomic mass is 16.5. The lowest BCUT2D eigenvalue weighted by Gasteiger charge is -2.25. The van der Waals surface area contributed by atoms with Gasteiger partial charge >= 0.3 is 0 Å². The highest BCUT2D eigenvalue weighted by Crippen LogP contribution is 2.36. The van der Waals surface area contributed by atoms with E-state index < -0.39 is 0 Å². The van der Waals surface area contributed by atoms with E-state index in [0.29, 0.717) is 12.5 Å². The van der Waals surface area contributed by atoms with Crippen molar-refractivity contribution in [3.05, 3.63) is 46.9 Å². The predicted octanol–water partition coefficient (Wildman–Crippen LogP) is 5.68. The summed E-state index contributed by atoms with van der Waals surface area (Å²) in [5, 5.41) is 10.3. The number of nitrogens with zero attached hydrogens (tertiary/aromatic N) is 1. The quantitative estimate of drug-likeness (QED) is 0.603. The summed E-state index contributed by atoms with van der Waals surface area (Å²) < 4.78 is 17.6. The maximum atomic E-state index is 11.2. The van der Waals surface area contributed by atoms with Gasteiger partial charge in [-0.25, -0.2) is 0 Å². The van der Waals surface area contributed by atoms with Crippen LogP contribution < -0.4 is 0 Å². The number of aliphatic hydroxyl groups is 1. The minimum atomic E-state index is -0.312. The molecule has 3 aliphatic rings. The number of benzene rings is 1. The van der Waals surface area contributed by atoms with Crippen LogP contribution in [0.3, 0.4) is 0 Å². The van der Waals surface area contributed by atoms with Crippen LogP contribution in [0.25, 0.3) is 6.08 Å². The first-order valence-electron chi connectivity index (χ1n) is 11.9. The Morgan fingerprint density at radius 1 is 0.969 bits per heavy atom. The predicted molar refractivity (Wildman–Crippen MR) is 128 cm³/mol. The second kappa shape index (κ2) is 13.8. The third-order valence-electron chi connectivity index (χ3n) is 6.44. The number of nitroso groups, excluding NO2 is 1. The van der Waals surface area contributed by atoms with Gasteiger partial charge in [0.1, 0.15) is 6.04 Å². The molecule has 0 radical (unpaired) electrons. The van der Waals surface area contributed by atoms with Gasteiger partial charge in [-0.2, -0.15) is 4.91 Å². The Bertz CT molecular complexity index is 671. The zero-order valence-corrected chi connectivity index (χ0v) is 20.1. The Labute approximate surface area is 193 Å². The molecule has 7 atom stereocenters. The molecule has 0 amide bonds. The van der Waals surface area contributed by atoms with Crippen LogP contribution in [0.4, 0.5) is 0 Å². The zero-order valence-electron chi connectivity index (χ0n) is 20.1. The highest BCUT2D eigenvalue weighted by Gasteiger charge is 2.37. The van der Waals surface area contributed by atoms with Crippen molar-refractivity contribution >= 4 is 6.08 Å². The minimum Gasteiger partial charge on any atom is -0.400 e. The molecule has 1 aromatic carbocycles. The Morgan fingerprint density at radius 2 is 1.69 bits per heavy atom. The summed E-state index contributed by atoms with van der Waals surface area (Å²) in [6.45, 7) is 11.2. The number of fused-ring (bicyclic) bond motifs is 2. The molecule has 1 aromatic rings. The smallest absolute Gasteiger partial charge is 0.121 e. The molecular weight excluding hydrogens is 406 g/mol. The fourth-order valence-corrected chi connectivity index (χ4v) is 4.72. The van der Waals surface area contributed by atoms with Crippen LogP contribution in [0, 0.1) is 10.8 Å². The van der Waals surface area contributed by atoms with Gasteiger partial charge in [0.2, 0.25) is 0 Å². The van der Waals surface area contributed by atoms with Crippen molar-refractivity contribution in [1.82, 2.24) is 0 Å². The van der Waals surface area contributed by atoms with E-state index in [9.17, 15) is 4.91 Å². The average molecular weight is 448 g/mol. The van der Waals surface area contributed by atoms with Crippen LogP contribution in [0.15, 0.2) is 36.0 Å². The van der Waals surface area contributed by atoms with Crippen molar-refractivity contribution in [3.8, 4) is 0 Å². The van der Waals surface area contributed by atoms with Crippen molar-refractivity contribution in [2.24, 2.45) is 11.1 Å². The molecule has 6 nitrogen and oxygen atoms in total. The maximum Gasteiger partial charge on any atom is 0.121 e. The first-order chi connectivity index (χ1) is 15.5. The minimum absolute atomic E-state index is 0.00937. The first-order valence-corrected chi connectivity index (χ1v) is 11.9. The standard InChI is InChI=1S/C18H23NO3.C7H14O.CH4O/c1-3-13-4-6-14(7-5-13)17-9-8-15-11-18(22-17)16(19-20)10-12(2)21-15;1-6-3-4-8-7(2)5-6;1-2/h3-7,12,15-18H,1,8-11H2,2H3;6-7H,3-5H2,1-2H3;2H,1H3/t12-,15?,16?,17?,18-;;/m1../s1. The van der Waals surface area contributed by atoms with Crippen LogP contribution in [-0.2, 0) is 14.2 Å². The van der Waals surface area contributed by atoms with Crippen LogP contribution >= 0.6 is 0 Å². The molecule has 3 saturated heterocycles. The largest absolute Gasteiger partial charge is 0.400 e. The molecule has 32 heavy (non-hydrogen) atoms. The molecule has 0 aromatic heterocycles. The molecule has 0 aliphatic carbocycles. The first kappa shape index (κ1) is 26.7. The summed E-state index contributed by atoms with van der Waals surface area (Å²) in [4.78, 5) is 11.2. The Balaban J connectivity index is 0.000000304. The van der Waals surface area contributed by atoms with Gasteiger partial charge in [0, 0.05) is 26.6 Å². The fraction of sp³-hybridized carbons (Fsp3) is 0.692. The van der Waals surface area contributed by atoms with E-state index in [1.165, 1.54) is 12.8 Å². The third-order valence-corrected chi connectivity index (χ3v) is 6.44. The van der Waals surface area contributed by atoms with Crippen LogP contribution in [0.2, 0.25) is 0 Å². The lowest BCUT2D eigenvalue weighted by atomic mass is 9.99. The molecule has 4 rings (SSSR count). The fourth-order valence-electron chi connectivity index (χ4n) is 4.72. The normalized spacial score (nSPS) is 34.3. The summed E-state index contributed by atoms with van der Waals surface area (Å²) in [6.07, 6.45) is 8.24. The molecule has 1 N–H and O–H groups in total. The van der Waals surface area contributed by atoms with Gasteiger partial charge in [-0.1, -0.05) is 49.0 Å². The monoisotopic (exact) mass is 447 g/mol. The molecule has 5 unspecified atom stereocenters.